The van der Waals surface area contributed by atoms with E-state index in [1.54, 1.807) is 24.3 Å². The van der Waals surface area contributed by atoms with E-state index in [-0.39, 0.29) is 35.9 Å². The molecule has 8 heteroatoms. The van der Waals surface area contributed by atoms with E-state index in [0.29, 0.717) is 12.8 Å². The zero-order chi connectivity index (χ0) is 23.0. The number of esters is 1. The standard InChI is InChI=1S/C24H31NO6S/c1-12(7-16-11-32-14(3)25-16)20-10-21-19(30-21)6-4-5-15-8-17(18(26)9-22(27)31-20)24(29)13(2)23(15)28/h7-8,11,13,15,18-21,23,26,28H,4-6,9-10H2,1-3H3/b12-7+/t13?,15?,18?,19-,20+,21+,23-/m1/s1. The molecule has 7 atom stereocenters. The molecule has 32 heavy (non-hydrogen) atoms. The topological polar surface area (TPSA) is 109 Å². The van der Waals surface area contributed by atoms with Crippen molar-refractivity contribution < 1.29 is 29.3 Å². The normalized spacial score (nSPS) is 36.6. The molecule has 0 aromatic carbocycles. The molecule has 0 radical (unpaired) electrons. The van der Waals surface area contributed by atoms with Gasteiger partial charge in [0.1, 0.15) is 6.10 Å². The van der Waals surface area contributed by atoms with Gasteiger partial charge in [-0.2, -0.15) is 0 Å². The fraction of sp³-hybridized carbons (Fsp3) is 0.625. The number of nitrogens with zero attached hydrogens (tertiary/aromatic N) is 1. The van der Waals surface area contributed by atoms with Crippen LogP contribution >= 0.6 is 11.3 Å². The van der Waals surface area contributed by atoms with Gasteiger partial charge in [0.15, 0.2) is 5.78 Å². The molecule has 4 rings (SSSR count). The molecule has 7 nitrogen and oxygen atoms in total. The van der Waals surface area contributed by atoms with Crippen molar-refractivity contribution in [3.8, 4) is 0 Å². The lowest BCUT2D eigenvalue weighted by atomic mass is 9.76. The fourth-order valence-electron chi connectivity index (χ4n) is 4.71. The number of carbonyl (C=O) groups excluding carboxylic acids is 2. The summed E-state index contributed by atoms with van der Waals surface area (Å²) in [6, 6.07) is 0. The summed E-state index contributed by atoms with van der Waals surface area (Å²) >= 11 is 1.56. The highest BCUT2D eigenvalue weighted by Gasteiger charge is 2.43. The number of cyclic esters (lactones) is 1. The van der Waals surface area contributed by atoms with Gasteiger partial charge in [0.2, 0.25) is 0 Å². The van der Waals surface area contributed by atoms with Crippen LogP contribution in [-0.2, 0) is 19.1 Å². The van der Waals surface area contributed by atoms with Crippen LogP contribution in [0.4, 0.5) is 0 Å². The van der Waals surface area contributed by atoms with Gasteiger partial charge >= 0.3 is 5.97 Å². The minimum absolute atomic E-state index is 0.0177. The second-order valence-electron chi connectivity index (χ2n) is 9.19. The smallest absolute Gasteiger partial charge is 0.309 e. The molecule has 1 aromatic rings. The van der Waals surface area contributed by atoms with Crippen molar-refractivity contribution in [1.82, 2.24) is 4.98 Å². The predicted octanol–water partition coefficient (Wildman–Crippen LogP) is 2.98. The highest BCUT2D eigenvalue weighted by Crippen LogP contribution is 2.37. The second kappa shape index (κ2) is 9.55. The lowest BCUT2D eigenvalue weighted by molar-refractivity contribution is -0.149. The molecule has 0 saturated carbocycles. The first-order chi connectivity index (χ1) is 15.2. The second-order valence-corrected chi connectivity index (χ2v) is 10.2. The van der Waals surface area contributed by atoms with E-state index in [4.69, 9.17) is 9.47 Å². The minimum Gasteiger partial charge on any atom is -0.458 e. The lowest BCUT2D eigenvalue weighted by Crippen LogP contribution is -2.40. The predicted molar refractivity (Wildman–Crippen MR) is 120 cm³/mol. The van der Waals surface area contributed by atoms with Crippen LogP contribution in [0.5, 0.6) is 0 Å². The van der Waals surface area contributed by atoms with Gasteiger partial charge in [-0.25, -0.2) is 4.98 Å². The number of rotatable bonds is 2. The number of fused-ring (bicyclic) bond motifs is 2. The Hall–Kier alpha value is -1.87. The highest BCUT2D eigenvalue weighted by molar-refractivity contribution is 7.09. The zero-order valence-electron chi connectivity index (χ0n) is 18.7. The van der Waals surface area contributed by atoms with Crippen LogP contribution in [0.2, 0.25) is 0 Å². The average molecular weight is 462 g/mol. The van der Waals surface area contributed by atoms with Crippen molar-refractivity contribution in [3.63, 3.8) is 0 Å². The molecule has 2 bridgehead atoms. The Bertz CT molecular complexity index is 937. The molecule has 1 aliphatic carbocycles. The molecular weight excluding hydrogens is 430 g/mol. The third-order valence-electron chi connectivity index (χ3n) is 6.72. The van der Waals surface area contributed by atoms with Crippen LogP contribution in [0, 0.1) is 18.8 Å². The van der Waals surface area contributed by atoms with Crippen molar-refractivity contribution in [3.05, 3.63) is 33.3 Å². The lowest BCUT2D eigenvalue weighted by Gasteiger charge is -2.32. The first-order valence-corrected chi connectivity index (χ1v) is 12.2. The van der Waals surface area contributed by atoms with Gasteiger partial charge in [-0.1, -0.05) is 19.4 Å². The van der Waals surface area contributed by atoms with Crippen LogP contribution in [0.15, 0.2) is 22.6 Å². The number of hydrogen-bond donors (Lipinski definition) is 2. The summed E-state index contributed by atoms with van der Waals surface area (Å²) in [4.78, 5) is 29.8. The molecule has 1 fully saturated rings. The minimum atomic E-state index is -1.24. The Morgan fingerprint density at radius 1 is 1.25 bits per heavy atom. The van der Waals surface area contributed by atoms with Crippen LogP contribution in [0.25, 0.3) is 6.08 Å². The van der Waals surface area contributed by atoms with E-state index in [0.717, 1.165) is 29.1 Å². The summed E-state index contributed by atoms with van der Waals surface area (Å²) in [5.41, 5.74) is 1.90. The Morgan fingerprint density at radius 2 is 2.03 bits per heavy atom. The van der Waals surface area contributed by atoms with Crippen LogP contribution in [-0.4, -0.2) is 57.5 Å². The van der Waals surface area contributed by atoms with Gasteiger partial charge in [0.25, 0.3) is 0 Å². The number of aromatic nitrogens is 1. The molecule has 3 aliphatic rings. The number of Topliss-reactive ketones (excluding diaryl/α,β-unsaturated/α-hetero) is 1. The van der Waals surface area contributed by atoms with Crippen molar-refractivity contribution in [2.75, 3.05) is 0 Å². The third kappa shape index (κ3) is 5.20. The zero-order valence-corrected chi connectivity index (χ0v) is 19.5. The van der Waals surface area contributed by atoms with E-state index >= 15 is 0 Å². The number of epoxide rings is 1. The summed E-state index contributed by atoms with van der Waals surface area (Å²) in [7, 11) is 0. The molecule has 0 spiro atoms. The summed E-state index contributed by atoms with van der Waals surface area (Å²) in [6.45, 7) is 5.52. The summed E-state index contributed by atoms with van der Waals surface area (Å²) in [5, 5.41) is 24.1. The van der Waals surface area contributed by atoms with Gasteiger partial charge in [-0.15, -0.1) is 11.3 Å². The summed E-state index contributed by atoms with van der Waals surface area (Å²) in [6.07, 6.45) is 3.84. The molecule has 0 amide bonds. The molecule has 2 N–H and O–H groups in total. The van der Waals surface area contributed by atoms with E-state index in [9.17, 15) is 19.8 Å². The van der Waals surface area contributed by atoms with E-state index < -0.39 is 30.2 Å². The highest BCUT2D eigenvalue weighted by atomic mass is 32.1. The summed E-state index contributed by atoms with van der Waals surface area (Å²) in [5.74, 6) is -1.70. The van der Waals surface area contributed by atoms with Crippen molar-refractivity contribution in [2.24, 2.45) is 11.8 Å². The van der Waals surface area contributed by atoms with Crippen molar-refractivity contribution in [1.29, 1.82) is 0 Å². The van der Waals surface area contributed by atoms with Crippen LogP contribution in [0.1, 0.15) is 56.7 Å². The summed E-state index contributed by atoms with van der Waals surface area (Å²) < 4.78 is 11.6. The molecule has 1 saturated heterocycles. The van der Waals surface area contributed by atoms with E-state index in [1.807, 2.05) is 25.3 Å². The molecule has 3 heterocycles. The molecular formula is C24H31NO6S. The van der Waals surface area contributed by atoms with E-state index in [1.165, 1.54) is 0 Å². The van der Waals surface area contributed by atoms with Crippen molar-refractivity contribution in [2.45, 2.75) is 83.4 Å². The maximum atomic E-state index is 12.7. The quantitative estimate of drug-likeness (QED) is 0.515. The molecule has 2 aliphatic heterocycles. The fourth-order valence-corrected chi connectivity index (χ4v) is 5.28. The number of ether oxygens (including phenoxy) is 2. The number of aliphatic hydroxyl groups excluding tert-OH is 2. The number of thiazole rings is 1. The number of carbonyl (C=O) groups is 2. The van der Waals surface area contributed by atoms with Gasteiger partial charge in [-0.05, 0) is 38.3 Å². The number of aliphatic hydroxyl groups is 2. The number of hydrogen-bond acceptors (Lipinski definition) is 8. The maximum absolute atomic E-state index is 12.7. The van der Waals surface area contributed by atoms with Gasteiger partial charge < -0.3 is 19.7 Å². The Balaban J connectivity index is 1.55. The van der Waals surface area contributed by atoms with Gasteiger partial charge in [0, 0.05) is 29.2 Å². The number of aryl methyl sites for hydroxylation is 1. The monoisotopic (exact) mass is 461 g/mol. The Morgan fingerprint density at radius 3 is 2.75 bits per heavy atom. The molecule has 3 unspecified atom stereocenters. The maximum Gasteiger partial charge on any atom is 0.309 e. The van der Waals surface area contributed by atoms with E-state index in [2.05, 4.69) is 4.98 Å². The van der Waals surface area contributed by atoms with Gasteiger partial charge in [-0.3, -0.25) is 9.59 Å². The third-order valence-corrected chi connectivity index (χ3v) is 7.51. The first kappa shape index (κ1) is 23.3. The first-order valence-electron chi connectivity index (χ1n) is 11.3. The van der Waals surface area contributed by atoms with Crippen molar-refractivity contribution >= 4 is 29.2 Å². The van der Waals surface area contributed by atoms with Crippen LogP contribution < -0.4 is 0 Å². The molecule has 174 valence electrons. The Kier molecular flexibility index (Phi) is 6.95. The number of ketones is 1. The average Bonchev–Trinajstić information content (AvgIpc) is 3.35. The van der Waals surface area contributed by atoms with Crippen LogP contribution in [0.3, 0.4) is 0 Å². The van der Waals surface area contributed by atoms with Gasteiger partial charge in [0.05, 0.1) is 41.5 Å². The Labute approximate surface area is 192 Å². The SMILES string of the molecule is C/C(=C\c1csc(C)n1)[C@@H]1C[C@@H]2O[C@@H]2CCCC2C=C(C(=O)C(C)[C@H]2O)C(O)CC(=O)O1. The largest absolute Gasteiger partial charge is 0.458 e. The molecule has 1 aromatic heterocycles.